The van der Waals surface area contributed by atoms with E-state index in [4.69, 9.17) is 0 Å². The molecule has 10 heteroatoms. The Morgan fingerprint density at radius 3 is 2.60 bits per heavy atom. The first-order valence-electron chi connectivity index (χ1n) is 8.98. The van der Waals surface area contributed by atoms with Crippen molar-refractivity contribution in [3.63, 3.8) is 0 Å². The lowest BCUT2D eigenvalue weighted by Crippen LogP contribution is -2.24. The zero-order valence-electron chi connectivity index (χ0n) is 15.6. The minimum Gasteiger partial charge on any atom is -0.346 e. The molecule has 0 aliphatic rings. The van der Waals surface area contributed by atoms with Crippen molar-refractivity contribution in [3.05, 3.63) is 88.7 Å². The molecule has 4 aromatic rings. The number of nitrogens with zero attached hydrogens (tertiary/aromatic N) is 6. The van der Waals surface area contributed by atoms with Crippen LogP contribution in [0.25, 0.3) is 5.69 Å². The molecule has 4 rings (SSSR count). The van der Waals surface area contributed by atoms with Gasteiger partial charge < -0.3 is 5.32 Å². The average molecular weight is 482 g/mol. The van der Waals surface area contributed by atoms with Gasteiger partial charge in [0.05, 0.1) is 11.4 Å². The summed E-state index contributed by atoms with van der Waals surface area (Å²) in [5.74, 6) is 0.134. The summed E-state index contributed by atoms with van der Waals surface area (Å²) < 4.78 is 2.62. The molecule has 0 spiro atoms. The highest BCUT2D eigenvalue weighted by Gasteiger charge is 2.21. The molecule has 3 heterocycles. The molecule has 1 N–H and O–H groups in total. The monoisotopic (exact) mass is 481 g/mol. The van der Waals surface area contributed by atoms with Crippen LogP contribution in [0.15, 0.2) is 76.9 Å². The summed E-state index contributed by atoms with van der Waals surface area (Å²) in [4.78, 5) is 25.4. The van der Waals surface area contributed by atoms with E-state index in [0.717, 1.165) is 15.7 Å². The van der Waals surface area contributed by atoms with E-state index in [1.165, 1.54) is 11.8 Å². The molecule has 0 radical (unpaired) electrons. The summed E-state index contributed by atoms with van der Waals surface area (Å²) in [6, 6.07) is 13.1. The largest absolute Gasteiger partial charge is 0.346 e. The number of rotatable bonds is 7. The fourth-order valence-corrected chi connectivity index (χ4v) is 3.72. The van der Waals surface area contributed by atoms with Crippen LogP contribution >= 0.6 is 27.7 Å². The van der Waals surface area contributed by atoms with E-state index in [2.05, 4.69) is 46.5 Å². The van der Waals surface area contributed by atoms with E-state index >= 15 is 0 Å². The summed E-state index contributed by atoms with van der Waals surface area (Å²) in [6.07, 6.45) is 6.76. The minimum absolute atomic E-state index is 0.269. The van der Waals surface area contributed by atoms with Crippen molar-refractivity contribution in [2.24, 2.45) is 0 Å². The van der Waals surface area contributed by atoms with E-state index in [-0.39, 0.29) is 11.6 Å². The van der Waals surface area contributed by atoms with Gasteiger partial charge in [-0.25, -0.2) is 14.6 Å². The molecular formula is C20H16BrN7OS. The SMILES string of the molecule is O=C(NCc1cccnc1)c1nnn(-c2ccc(Br)cc2)c1CSc1ncccn1. The number of benzene rings is 1. The van der Waals surface area contributed by atoms with Gasteiger partial charge in [-0.05, 0) is 42.0 Å². The third-order valence-electron chi connectivity index (χ3n) is 4.11. The molecule has 0 saturated heterocycles. The normalized spacial score (nSPS) is 10.7. The number of nitrogens with one attached hydrogen (secondary N) is 1. The van der Waals surface area contributed by atoms with Crippen LogP contribution in [0.5, 0.6) is 0 Å². The molecule has 3 aromatic heterocycles. The Bertz CT molecular complexity index is 1120. The van der Waals surface area contributed by atoms with E-state index in [0.29, 0.717) is 23.1 Å². The maximum atomic E-state index is 12.9. The van der Waals surface area contributed by atoms with Crippen molar-refractivity contribution in [2.75, 3.05) is 0 Å². The van der Waals surface area contributed by atoms with Crippen LogP contribution in [0.2, 0.25) is 0 Å². The van der Waals surface area contributed by atoms with Gasteiger partial charge in [0.1, 0.15) is 0 Å². The zero-order chi connectivity index (χ0) is 20.8. The fourth-order valence-electron chi connectivity index (χ4n) is 2.66. The fraction of sp³-hybridized carbons (Fsp3) is 0.100. The molecule has 1 aromatic carbocycles. The molecule has 8 nitrogen and oxygen atoms in total. The minimum atomic E-state index is -0.299. The van der Waals surface area contributed by atoms with Crippen LogP contribution in [-0.4, -0.2) is 35.9 Å². The second-order valence-electron chi connectivity index (χ2n) is 6.14. The molecule has 150 valence electrons. The van der Waals surface area contributed by atoms with Gasteiger partial charge in [0.2, 0.25) is 0 Å². The van der Waals surface area contributed by atoms with E-state index in [1.807, 2.05) is 36.4 Å². The predicted molar refractivity (Wildman–Crippen MR) is 116 cm³/mol. The van der Waals surface area contributed by atoms with Gasteiger partial charge in [0.25, 0.3) is 5.91 Å². The Morgan fingerprint density at radius 2 is 1.87 bits per heavy atom. The van der Waals surface area contributed by atoms with E-state index in [9.17, 15) is 4.79 Å². The third-order valence-corrected chi connectivity index (χ3v) is 5.52. The summed E-state index contributed by atoms with van der Waals surface area (Å²) in [7, 11) is 0. The lowest BCUT2D eigenvalue weighted by molar-refractivity contribution is 0.0945. The lowest BCUT2D eigenvalue weighted by atomic mass is 10.2. The van der Waals surface area contributed by atoms with Gasteiger partial charge >= 0.3 is 0 Å². The molecule has 0 saturated carbocycles. The quantitative estimate of drug-likeness (QED) is 0.318. The summed E-state index contributed by atoms with van der Waals surface area (Å²) in [6.45, 7) is 0.353. The highest BCUT2D eigenvalue weighted by atomic mass is 79.9. The van der Waals surface area contributed by atoms with Gasteiger partial charge in [-0.15, -0.1) is 5.10 Å². The van der Waals surface area contributed by atoms with E-state index < -0.39 is 0 Å². The lowest BCUT2D eigenvalue weighted by Gasteiger charge is -2.08. The number of aromatic nitrogens is 6. The van der Waals surface area contributed by atoms with E-state index in [1.54, 1.807) is 35.5 Å². The van der Waals surface area contributed by atoms with Crippen LogP contribution in [0.1, 0.15) is 21.7 Å². The first-order chi connectivity index (χ1) is 14.7. The van der Waals surface area contributed by atoms with Crippen molar-refractivity contribution < 1.29 is 4.79 Å². The molecule has 0 aliphatic heterocycles. The second kappa shape index (κ2) is 9.59. The number of halogens is 1. The molecule has 30 heavy (non-hydrogen) atoms. The highest BCUT2D eigenvalue weighted by Crippen LogP contribution is 2.23. The van der Waals surface area contributed by atoms with Crippen LogP contribution in [0.3, 0.4) is 0 Å². The number of amides is 1. The Hall–Kier alpha value is -3.11. The van der Waals surface area contributed by atoms with Crippen molar-refractivity contribution in [2.45, 2.75) is 17.5 Å². The molecule has 0 unspecified atom stereocenters. The molecular weight excluding hydrogens is 466 g/mol. The zero-order valence-corrected chi connectivity index (χ0v) is 18.0. The topological polar surface area (TPSA) is 98.5 Å². The van der Waals surface area contributed by atoms with Crippen molar-refractivity contribution >= 4 is 33.6 Å². The smallest absolute Gasteiger partial charge is 0.274 e. The Labute approximate surface area is 185 Å². The number of carbonyl (C=O) groups is 1. The Kier molecular flexibility index (Phi) is 6.45. The van der Waals surface area contributed by atoms with Crippen molar-refractivity contribution in [1.29, 1.82) is 0 Å². The molecule has 0 fully saturated rings. The van der Waals surface area contributed by atoms with Gasteiger partial charge in [-0.2, -0.15) is 0 Å². The third kappa shape index (κ3) is 4.89. The summed E-state index contributed by atoms with van der Waals surface area (Å²) in [5, 5.41) is 11.9. The molecule has 1 amide bonds. The predicted octanol–water partition coefficient (Wildman–Crippen LogP) is 3.44. The van der Waals surface area contributed by atoms with Crippen LogP contribution in [0.4, 0.5) is 0 Å². The maximum absolute atomic E-state index is 12.9. The molecule has 0 bridgehead atoms. The summed E-state index contributed by atoms with van der Waals surface area (Å²) in [5.41, 5.74) is 2.64. The van der Waals surface area contributed by atoms with Gasteiger partial charge in [-0.3, -0.25) is 9.78 Å². The maximum Gasteiger partial charge on any atom is 0.274 e. The Balaban J connectivity index is 1.60. The van der Waals surface area contributed by atoms with Gasteiger partial charge in [0, 0.05) is 41.6 Å². The van der Waals surface area contributed by atoms with Crippen molar-refractivity contribution in [1.82, 2.24) is 35.3 Å². The second-order valence-corrected chi connectivity index (χ2v) is 8.00. The molecule has 0 atom stereocenters. The van der Waals surface area contributed by atoms with Gasteiger partial charge in [-0.1, -0.05) is 39.0 Å². The first-order valence-corrected chi connectivity index (χ1v) is 10.8. The average Bonchev–Trinajstić information content (AvgIpc) is 3.22. The Morgan fingerprint density at radius 1 is 1.07 bits per heavy atom. The number of pyridine rings is 1. The van der Waals surface area contributed by atoms with Gasteiger partial charge in [0.15, 0.2) is 10.9 Å². The highest BCUT2D eigenvalue weighted by molar-refractivity contribution is 9.10. The number of hydrogen-bond donors (Lipinski definition) is 1. The van der Waals surface area contributed by atoms with Crippen LogP contribution < -0.4 is 5.32 Å². The van der Waals surface area contributed by atoms with Crippen molar-refractivity contribution in [3.8, 4) is 5.69 Å². The number of hydrogen-bond acceptors (Lipinski definition) is 7. The van der Waals surface area contributed by atoms with Crippen LogP contribution in [0, 0.1) is 0 Å². The molecule has 0 aliphatic carbocycles. The first kappa shape index (κ1) is 20.2. The standard InChI is InChI=1S/C20H16BrN7OS/c21-15-4-6-16(7-5-15)28-17(13-30-20-23-9-2-10-24-20)18(26-27-28)19(29)25-12-14-3-1-8-22-11-14/h1-11H,12-13H2,(H,25,29). The van der Waals surface area contributed by atoms with Crippen LogP contribution in [-0.2, 0) is 12.3 Å². The summed E-state index contributed by atoms with van der Waals surface area (Å²) >= 11 is 4.85. The number of carbonyl (C=O) groups excluding carboxylic acids is 1. The number of thioether (sulfide) groups is 1.